The Morgan fingerprint density at radius 2 is 1.75 bits per heavy atom. The van der Waals surface area contributed by atoms with Crippen molar-refractivity contribution in [3.8, 4) is 0 Å². The third kappa shape index (κ3) is 6.59. The van der Waals surface area contributed by atoms with Crippen molar-refractivity contribution >= 4 is 5.91 Å². The first kappa shape index (κ1) is 18.9. The molecule has 0 saturated carbocycles. The Morgan fingerprint density at radius 1 is 1.12 bits per heavy atom. The van der Waals surface area contributed by atoms with Crippen LogP contribution in [0.3, 0.4) is 0 Å². The Morgan fingerprint density at radius 3 is 2.38 bits per heavy atom. The predicted octanol–water partition coefficient (Wildman–Crippen LogP) is 1.33. The summed E-state index contributed by atoms with van der Waals surface area (Å²) in [5, 5.41) is 12.7. The van der Waals surface area contributed by atoms with Gasteiger partial charge in [-0.15, -0.1) is 0 Å². The molecule has 0 aromatic heterocycles. The van der Waals surface area contributed by atoms with Gasteiger partial charge in [0.2, 0.25) is 5.91 Å². The summed E-state index contributed by atoms with van der Waals surface area (Å²) in [5.41, 5.74) is 1.34. The molecule has 1 atom stereocenters. The largest absolute Gasteiger partial charge is 0.393 e. The van der Waals surface area contributed by atoms with Crippen LogP contribution in [-0.4, -0.2) is 66.2 Å². The lowest BCUT2D eigenvalue weighted by molar-refractivity contribution is -0.122. The van der Waals surface area contributed by atoms with Gasteiger partial charge in [-0.3, -0.25) is 14.6 Å². The molecule has 1 fully saturated rings. The number of hydrogen-bond acceptors (Lipinski definition) is 4. The van der Waals surface area contributed by atoms with Crippen molar-refractivity contribution in [2.24, 2.45) is 5.92 Å². The maximum absolute atomic E-state index is 12.0. The number of nitrogens with one attached hydrogen (secondary N) is 1. The van der Waals surface area contributed by atoms with Crippen molar-refractivity contribution in [1.29, 1.82) is 0 Å². The molecule has 1 aromatic carbocycles. The van der Waals surface area contributed by atoms with E-state index in [-0.39, 0.29) is 17.9 Å². The van der Waals surface area contributed by atoms with Crippen LogP contribution >= 0.6 is 0 Å². The van der Waals surface area contributed by atoms with Gasteiger partial charge in [0.25, 0.3) is 0 Å². The third-order valence-electron chi connectivity index (χ3n) is 4.61. The number of aliphatic hydroxyl groups is 1. The van der Waals surface area contributed by atoms with Gasteiger partial charge in [0, 0.05) is 39.3 Å². The molecular formula is C19H31N3O2. The zero-order valence-corrected chi connectivity index (χ0v) is 14.9. The molecule has 24 heavy (non-hydrogen) atoms. The molecule has 1 unspecified atom stereocenters. The Balaban J connectivity index is 1.61. The second-order valence-electron chi connectivity index (χ2n) is 6.99. The van der Waals surface area contributed by atoms with Crippen LogP contribution in [0.2, 0.25) is 0 Å². The lowest BCUT2D eigenvalue weighted by Gasteiger charge is -2.34. The van der Waals surface area contributed by atoms with Crippen LogP contribution in [0.25, 0.3) is 0 Å². The summed E-state index contributed by atoms with van der Waals surface area (Å²) in [6, 6.07) is 10.5. The molecule has 134 valence electrons. The summed E-state index contributed by atoms with van der Waals surface area (Å²) >= 11 is 0. The summed E-state index contributed by atoms with van der Waals surface area (Å²) < 4.78 is 0. The van der Waals surface area contributed by atoms with E-state index in [0.717, 1.165) is 32.7 Å². The van der Waals surface area contributed by atoms with Gasteiger partial charge in [-0.2, -0.15) is 0 Å². The molecule has 2 N–H and O–H groups in total. The second kappa shape index (κ2) is 9.77. The number of carbonyl (C=O) groups excluding carboxylic acids is 1. The molecule has 1 aliphatic rings. The summed E-state index contributed by atoms with van der Waals surface area (Å²) in [5.74, 6) is 0.294. The summed E-state index contributed by atoms with van der Waals surface area (Å²) in [7, 11) is 0. The van der Waals surface area contributed by atoms with Crippen LogP contribution in [0.15, 0.2) is 30.3 Å². The first-order valence-corrected chi connectivity index (χ1v) is 8.98. The first-order chi connectivity index (χ1) is 11.5. The maximum Gasteiger partial charge on any atom is 0.234 e. The van der Waals surface area contributed by atoms with Gasteiger partial charge >= 0.3 is 0 Å². The van der Waals surface area contributed by atoms with Crippen LogP contribution in [0.4, 0.5) is 0 Å². The molecule has 0 spiro atoms. The van der Waals surface area contributed by atoms with Gasteiger partial charge in [0.15, 0.2) is 0 Å². The van der Waals surface area contributed by atoms with E-state index in [1.54, 1.807) is 0 Å². The Kier molecular flexibility index (Phi) is 7.69. The molecule has 0 aliphatic carbocycles. The lowest BCUT2D eigenvalue weighted by Crippen LogP contribution is -2.49. The molecule has 2 rings (SSSR count). The van der Waals surface area contributed by atoms with Crippen LogP contribution in [-0.2, 0) is 11.3 Å². The molecule has 1 amide bonds. The molecule has 1 aliphatic heterocycles. The van der Waals surface area contributed by atoms with Gasteiger partial charge in [0.05, 0.1) is 12.6 Å². The highest BCUT2D eigenvalue weighted by Crippen LogP contribution is 2.08. The number of piperazine rings is 1. The Bertz CT molecular complexity index is 485. The molecule has 0 bridgehead atoms. The minimum atomic E-state index is -0.341. The van der Waals surface area contributed by atoms with Gasteiger partial charge in [-0.25, -0.2) is 0 Å². The smallest absolute Gasteiger partial charge is 0.234 e. The fraction of sp³-hybridized carbons (Fsp3) is 0.632. The van der Waals surface area contributed by atoms with Crippen molar-refractivity contribution in [2.75, 3.05) is 39.3 Å². The molecule has 1 heterocycles. The van der Waals surface area contributed by atoms with E-state index in [4.69, 9.17) is 0 Å². The van der Waals surface area contributed by atoms with Crippen molar-refractivity contribution in [1.82, 2.24) is 15.1 Å². The number of amides is 1. The molecule has 0 radical (unpaired) electrons. The quantitative estimate of drug-likeness (QED) is 0.754. The van der Waals surface area contributed by atoms with Crippen LogP contribution in [0, 0.1) is 5.92 Å². The molecule has 1 saturated heterocycles. The minimum absolute atomic E-state index is 0.0578. The monoisotopic (exact) mass is 333 g/mol. The van der Waals surface area contributed by atoms with E-state index in [9.17, 15) is 9.90 Å². The number of nitrogens with zero attached hydrogens (tertiary/aromatic N) is 2. The maximum atomic E-state index is 12.0. The van der Waals surface area contributed by atoms with Crippen LogP contribution < -0.4 is 5.32 Å². The van der Waals surface area contributed by atoms with Gasteiger partial charge in [-0.05, 0) is 17.9 Å². The summed E-state index contributed by atoms with van der Waals surface area (Å²) in [4.78, 5) is 16.6. The number of aliphatic hydroxyl groups excluding tert-OH is 1. The van der Waals surface area contributed by atoms with Gasteiger partial charge < -0.3 is 10.4 Å². The normalized spacial score (nSPS) is 17.8. The fourth-order valence-corrected chi connectivity index (χ4v) is 2.90. The van der Waals surface area contributed by atoms with Crippen molar-refractivity contribution in [2.45, 2.75) is 32.9 Å². The average Bonchev–Trinajstić information content (AvgIpc) is 2.57. The number of rotatable bonds is 8. The van der Waals surface area contributed by atoms with Gasteiger partial charge in [0.1, 0.15) is 0 Å². The average molecular weight is 333 g/mol. The number of carbonyl (C=O) groups is 1. The van der Waals surface area contributed by atoms with E-state index >= 15 is 0 Å². The van der Waals surface area contributed by atoms with Crippen LogP contribution in [0.5, 0.6) is 0 Å². The molecule has 5 heteroatoms. The standard InChI is InChI=1S/C19H31N3O2/c1-16(2)18(23)8-9-20-19(24)15-22-12-10-21(11-13-22)14-17-6-4-3-5-7-17/h3-7,16,18,23H,8-15H2,1-2H3,(H,20,24). The zero-order valence-electron chi connectivity index (χ0n) is 14.9. The van der Waals surface area contributed by atoms with E-state index in [2.05, 4.69) is 39.4 Å². The Labute approximate surface area is 145 Å². The lowest BCUT2D eigenvalue weighted by atomic mass is 10.0. The van der Waals surface area contributed by atoms with Crippen molar-refractivity contribution < 1.29 is 9.90 Å². The van der Waals surface area contributed by atoms with Gasteiger partial charge in [-0.1, -0.05) is 44.2 Å². The molecular weight excluding hydrogens is 302 g/mol. The highest BCUT2D eigenvalue weighted by atomic mass is 16.3. The van der Waals surface area contributed by atoms with E-state index in [1.165, 1.54) is 5.56 Å². The second-order valence-corrected chi connectivity index (χ2v) is 6.99. The molecule has 1 aromatic rings. The van der Waals surface area contributed by atoms with Crippen LogP contribution in [0.1, 0.15) is 25.8 Å². The van der Waals surface area contributed by atoms with Crippen molar-refractivity contribution in [3.63, 3.8) is 0 Å². The van der Waals surface area contributed by atoms with E-state index in [1.807, 2.05) is 19.9 Å². The first-order valence-electron chi connectivity index (χ1n) is 8.98. The van der Waals surface area contributed by atoms with Crippen molar-refractivity contribution in [3.05, 3.63) is 35.9 Å². The predicted molar refractivity (Wildman–Crippen MR) is 96.6 cm³/mol. The third-order valence-corrected chi connectivity index (χ3v) is 4.61. The summed E-state index contributed by atoms with van der Waals surface area (Å²) in [6.07, 6.45) is 0.278. The molecule has 5 nitrogen and oxygen atoms in total. The zero-order chi connectivity index (χ0) is 17.4. The SMILES string of the molecule is CC(C)C(O)CCNC(=O)CN1CCN(Cc2ccccc2)CC1. The van der Waals surface area contributed by atoms with E-state index in [0.29, 0.717) is 19.5 Å². The van der Waals surface area contributed by atoms with E-state index < -0.39 is 0 Å². The number of hydrogen-bond donors (Lipinski definition) is 2. The summed E-state index contributed by atoms with van der Waals surface area (Å²) in [6.45, 7) is 9.80. The number of benzene rings is 1. The Hall–Kier alpha value is -1.43. The topological polar surface area (TPSA) is 55.8 Å². The fourth-order valence-electron chi connectivity index (χ4n) is 2.90. The highest BCUT2D eigenvalue weighted by Gasteiger charge is 2.19. The minimum Gasteiger partial charge on any atom is -0.393 e. The highest BCUT2D eigenvalue weighted by molar-refractivity contribution is 5.77.